The molecule has 2 N–H and O–H groups in total. The first kappa shape index (κ1) is 22.7. The number of halogens is 1. The zero-order chi connectivity index (χ0) is 23.2. The minimum absolute atomic E-state index is 0.143. The topological polar surface area (TPSA) is 89.2 Å². The standard InChI is InChI=1S/C24H21ClN4O3S/c1-16-2-11-21(32-16)14-27-23(31)17-3-9-20(10-4-17)29-13-12-26-24(29)33-15-22(30)28-19-7-5-18(25)6-8-19/h2-13H,14-15H2,1H3,(H,27,31)(H,28,30). The van der Waals surface area contributed by atoms with Crippen LogP contribution in [-0.4, -0.2) is 27.1 Å². The van der Waals surface area contributed by atoms with E-state index in [1.807, 2.05) is 42.0 Å². The molecule has 0 aliphatic heterocycles. The van der Waals surface area contributed by atoms with Gasteiger partial charge in [-0.2, -0.15) is 0 Å². The molecule has 7 nitrogen and oxygen atoms in total. The number of carbonyl (C=O) groups excluding carboxylic acids is 2. The van der Waals surface area contributed by atoms with E-state index >= 15 is 0 Å². The number of hydrogen-bond donors (Lipinski definition) is 2. The number of rotatable bonds is 8. The lowest BCUT2D eigenvalue weighted by molar-refractivity contribution is -0.113. The van der Waals surface area contributed by atoms with Gasteiger partial charge in [0.15, 0.2) is 5.16 Å². The maximum Gasteiger partial charge on any atom is 0.251 e. The van der Waals surface area contributed by atoms with Crippen molar-refractivity contribution in [2.45, 2.75) is 18.6 Å². The van der Waals surface area contributed by atoms with E-state index in [1.54, 1.807) is 42.6 Å². The van der Waals surface area contributed by atoms with Gasteiger partial charge < -0.3 is 15.1 Å². The van der Waals surface area contributed by atoms with Gasteiger partial charge >= 0.3 is 0 Å². The SMILES string of the molecule is Cc1ccc(CNC(=O)c2ccc(-n3ccnc3SCC(=O)Nc3ccc(Cl)cc3)cc2)o1. The van der Waals surface area contributed by atoms with Gasteiger partial charge in [-0.15, -0.1) is 0 Å². The van der Waals surface area contributed by atoms with E-state index in [4.69, 9.17) is 16.0 Å². The number of furan rings is 1. The number of anilines is 1. The van der Waals surface area contributed by atoms with Crippen LogP contribution < -0.4 is 10.6 Å². The summed E-state index contributed by atoms with van der Waals surface area (Å²) in [6, 6.07) is 17.8. The van der Waals surface area contributed by atoms with E-state index in [0.29, 0.717) is 33.7 Å². The zero-order valence-corrected chi connectivity index (χ0v) is 19.3. The van der Waals surface area contributed by atoms with Crippen LogP contribution in [0, 0.1) is 6.92 Å². The van der Waals surface area contributed by atoms with Crippen molar-refractivity contribution >= 4 is 40.9 Å². The first-order chi connectivity index (χ1) is 16.0. The molecule has 2 aromatic carbocycles. The Morgan fingerprint density at radius 1 is 1.06 bits per heavy atom. The predicted molar refractivity (Wildman–Crippen MR) is 129 cm³/mol. The van der Waals surface area contributed by atoms with Crippen molar-refractivity contribution in [1.29, 1.82) is 0 Å². The fraction of sp³-hybridized carbons (Fsp3) is 0.125. The Bertz CT molecular complexity index is 1250. The third kappa shape index (κ3) is 6.06. The number of carbonyl (C=O) groups is 2. The molecule has 2 heterocycles. The van der Waals surface area contributed by atoms with Crippen LogP contribution in [0.5, 0.6) is 0 Å². The number of amides is 2. The minimum Gasteiger partial charge on any atom is -0.465 e. The van der Waals surface area contributed by atoms with Crippen molar-refractivity contribution in [1.82, 2.24) is 14.9 Å². The molecule has 0 radical (unpaired) electrons. The Kier molecular flexibility index (Phi) is 7.16. The van der Waals surface area contributed by atoms with Crippen LogP contribution >= 0.6 is 23.4 Å². The second-order valence-electron chi connectivity index (χ2n) is 7.17. The highest BCUT2D eigenvalue weighted by Crippen LogP contribution is 2.21. The highest BCUT2D eigenvalue weighted by Gasteiger charge is 2.11. The van der Waals surface area contributed by atoms with Crippen LogP contribution in [0.3, 0.4) is 0 Å². The van der Waals surface area contributed by atoms with Gasteiger partial charge in [0.2, 0.25) is 5.91 Å². The number of aromatic nitrogens is 2. The van der Waals surface area contributed by atoms with Gasteiger partial charge in [-0.3, -0.25) is 14.2 Å². The monoisotopic (exact) mass is 480 g/mol. The van der Waals surface area contributed by atoms with Gasteiger partial charge in [0, 0.05) is 34.4 Å². The van der Waals surface area contributed by atoms with Crippen LogP contribution in [0.4, 0.5) is 5.69 Å². The van der Waals surface area contributed by atoms with Crippen LogP contribution in [-0.2, 0) is 11.3 Å². The number of thioether (sulfide) groups is 1. The second kappa shape index (κ2) is 10.4. The molecule has 0 aliphatic rings. The summed E-state index contributed by atoms with van der Waals surface area (Å²) < 4.78 is 7.34. The summed E-state index contributed by atoms with van der Waals surface area (Å²) in [5, 5.41) is 6.96. The predicted octanol–water partition coefficient (Wildman–Crippen LogP) is 5.09. The second-order valence-corrected chi connectivity index (χ2v) is 8.54. The van der Waals surface area contributed by atoms with Crippen molar-refractivity contribution in [3.63, 3.8) is 0 Å². The highest BCUT2D eigenvalue weighted by atomic mass is 35.5. The average Bonchev–Trinajstić information content (AvgIpc) is 3.46. The van der Waals surface area contributed by atoms with Crippen LogP contribution in [0.25, 0.3) is 5.69 Å². The molecule has 0 unspecified atom stereocenters. The Morgan fingerprint density at radius 2 is 1.82 bits per heavy atom. The summed E-state index contributed by atoms with van der Waals surface area (Å²) in [6.45, 7) is 2.19. The van der Waals surface area contributed by atoms with E-state index in [2.05, 4.69) is 15.6 Å². The molecule has 168 valence electrons. The maximum absolute atomic E-state index is 12.4. The largest absolute Gasteiger partial charge is 0.465 e. The van der Waals surface area contributed by atoms with Gasteiger partial charge in [-0.25, -0.2) is 4.98 Å². The van der Waals surface area contributed by atoms with Gasteiger partial charge in [-0.05, 0) is 67.6 Å². The van der Waals surface area contributed by atoms with Gasteiger partial charge in [-0.1, -0.05) is 23.4 Å². The summed E-state index contributed by atoms with van der Waals surface area (Å²) in [6.07, 6.45) is 3.49. The third-order valence-corrected chi connectivity index (χ3v) is 5.91. The molecule has 0 saturated heterocycles. The molecule has 4 rings (SSSR count). The molecule has 0 spiro atoms. The maximum atomic E-state index is 12.4. The zero-order valence-electron chi connectivity index (χ0n) is 17.7. The summed E-state index contributed by atoms with van der Waals surface area (Å²) in [4.78, 5) is 29.0. The van der Waals surface area contributed by atoms with E-state index in [1.165, 1.54) is 11.8 Å². The quantitative estimate of drug-likeness (QED) is 0.343. The Balaban J connectivity index is 1.34. The van der Waals surface area contributed by atoms with Crippen LogP contribution in [0.2, 0.25) is 5.02 Å². The molecular weight excluding hydrogens is 460 g/mol. The Labute approximate surface area is 200 Å². The van der Waals surface area contributed by atoms with E-state index in [-0.39, 0.29) is 17.6 Å². The smallest absolute Gasteiger partial charge is 0.251 e. The summed E-state index contributed by atoms with van der Waals surface area (Å²) in [5.74, 6) is 1.38. The molecular formula is C24H21ClN4O3S. The van der Waals surface area contributed by atoms with E-state index in [0.717, 1.165) is 11.4 Å². The molecule has 0 bridgehead atoms. The fourth-order valence-electron chi connectivity index (χ4n) is 3.08. The molecule has 33 heavy (non-hydrogen) atoms. The van der Waals surface area contributed by atoms with Crippen LogP contribution in [0.15, 0.2) is 82.6 Å². The molecule has 0 atom stereocenters. The highest BCUT2D eigenvalue weighted by molar-refractivity contribution is 7.99. The number of hydrogen-bond acceptors (Lipinski definition) is 5. The number of imidazole rings is 1. The van der Waals surface area contributed by atoms with Crippen molar-refractivity contribution in [3.05, 3.63) is 95.2 Å². The summed E-state index contributed by atoms with van der Waals surface area (Å²) in [7, 11) is 0. The van der Waals surface area contributed by atoms with Gasteiger partial charge in [0.25, 0.3) is 5.91 Å². The molecule has 2 amide bonds. The normalized spacial score (nSPS) is 10.7. The van der Waals surface area contributed by atoms with Crippen molar-refractivity contribution in [2.24, 2.45) is 0 Å². The van der Waals surface area contributed by atoms with Crippen molar-refractivity contribution < 1.29 is 14.0 Å². The molecule has 4 aromatic rings. The van der Waals surface area contributed by atoms with Gasteiger partial charge in [0.05, 0.1) is 12.3 Å². The summed E-state index contributed by atoms with van der Waals surface area (Å²) >= 11 is 7.19. The Morgan fingerprint density at radius 3 is 2.52 bits per heavy atom. The first-order valence-electron chi connectivity index (χ1n) is 10.1. The molecule has 0 saturated carbocycles. The molecule has 0 aliphatic carbocycles. The number of aryl methyl sites for hydroxylation is 1. The first-order valence-corrected chi connectivity index (χ1v) is 11.5. The van der Waals surface area contributed by atoms with Crippen molar-refractivity contribution in [2.75, 3.05) is 11.1 Å². The Hall–Kier alpha value is -3.49. The third-order valence-electron chi connectivity index (χ3n) is 4.69. The van der Waals surface area contributed by atoms with E-state index in [9.17, 15) is 9.59 Å². The minimum atomic E-state index is -0.185. The van der Waals surface area contributed by atoms with E-state index < -0.39 is 0 Å². The lowest BCUT2D eigenvalue weighted by Gasteiger charge is -2.09. The average molecular weight is 481 g/mol. The summed E-state index contributed by atoms with van der Waals surface area (Å²) in [5.41, 5.74) is 2.06. The van der Waals surface area contributed by atoms with Crippen molar-refractivity contribution in [3.8, 4) is 5.69 Å². The molecule has 0 fully saturated rings. The number of benzene rings is 2. The van der Waals surface area contributed by atoms with Crippen LogP contribution in [0.1, 0.15) is 21.9 Å². The van der Waals surface area contributed by atoms with Gasteiger partial charge in [0.1, 0.15) is 11.5 Å². The lowest BCUT2D eigenvalue weighted by atomic mass is 10.2. The lowest BCUT2D eigenvalue weighted by Crippen LogP contribution is -2.22. The molecule has 2 aromatic heterocycles. The fourth-order valence-corrected chi connectivity index (χ4v) is 3.98. The number of nitrogens with zero attached hydrogens (tertiary/aromatic N) is 2. The molecule has 9 heteroatoms. The number of nitrogens with one attached hydrogen (secondary N) is 2.